The van der Waals surface area contributed by atoms with Crippen LogP contribution in [0.3, 0.4) is 0 Å². The van der Waals surface area contributed by atoms with Crippen LogP contribution in [-0.4, -0.2) is 25.4 Å². The van der Waals surface area contributed by atoms with Gasteiger partial charge in [-0.25, -0.2) is 0 Å². The van der Waals surface area contributed by atoms with Gasteiger partial charge in [0.15, 0.2) is 0 Å². The number of hydrogen-bond acceptors (Lipinski definition) is 4. The van der Waals surface area contributed by atoms with Crippen LogP contribution in [0.1, 0.15) is 36.6 Å². The van der Waals surface area contributed by atoms with Crippen LogP contribution < -0.4 is 14.8 Å². The fourth-order valence-corrected chi connectivity index (χ4v) is 4.58. The lowest BCUT2D eigenvalue weighted by Gasteiger charge is -2.31. The Kier molecular flexibility index (Phi) is 4.68. The van der Waals surface area contributed by atoms with Gasteiger partial charge >= 0.3 is 0 Å². The van der Waals surface area contributed by atoms with Crippen molar-refractivity contribution in [3.05, 3.63) is 53.1 Å². The number of aryl methyl sites for hydroxylation is 1. The Bertz CT molecular complexity index is 1060. The lowest BCUT2D eigenvalue weighted by Crippen LogP contribution is -2.36. The molecule has 0 saturated heterocycles. The molecule has 0 spiro atoms. The molecule has 4 rings (SSSR count). The van der Waals surface area contributed by atoms with Gasteiger partial charge in [-0.05, 0) is 67.5 Å². The van der Waals surface area contributed by atoms with Gasteiger partial charge in [-0.15, -0.1) is 0 Å². The molecule has 2 unspecified atom stereocenters. The molecule has 0 fully saturated rings. The maximum Gasteiger partial charge on any atom is 0.131 e. The summed E-state index contributed by atoms with van der Waals surface area (Å²) in [6.07, 6.45) is 0.986. The van der Waals surface area contributed by atoms with E-state index in [4.69, 9.17) is 9.47 Å². The third kappa shape index (κ3) is 2.89. The van der Waals surface area contributed by atoms with E-state index in [0.717, 1.165) is 39.6 Å². The first kappa shape index (κ1) is 18.6. The van der Waals surface area contributed by atoms with Gasteiger partial charge in [-0.3, -0.25) is 0 Å². The molecule has 0 radical (unpaired) electrons. The fourth-order valence-electron chi connectivity index (χ4n) is 4.58. The first-order chi connectivity index (χ1) is 13.4. The number of methoxy groups -OCH3 is 2. The summed E-state index contributed by atoms with van der Waals surface area (Å²) in [5, 5.41) is 15.8. The first-order valence-corrected chi connectivity index (χ1v) is 9.71. The minimum atomic E-state index is 0.216. The average Bonchev–Trinajstić information content (AvgIpc) is 2.66. The molecule has 0 aromatic heterocycles. The summed E-state index contributed by atoms with van der Waals surface area (Å²) in [4.78, 5) is 0. The van der Waals surface area contributed by atoms with E-state index >= 15 is 0 Å². The Morgan fingerprint density at radius 1 is 1.00 bits per heavy atom. The number of benzene rings is 3. The Morgan fingerprint density at radius 2 is 1.75 bits per heavy atom. The van der Waals surface area contributed by atoms with Gasteiger partial charge in [0.2, 0.25) is 0 Å². The van der Waals surface area contributed by atoms with Gasteiger partial charge in [0.05, 0.1) is 19.6 Å². The van der Waals surface area contributed by atoms with E-state index in [1.807, 2.05) is 19.1 Å². The van der Waals surface area contributed by atoms with Gasteiger partial charge < -0.3 is 19.9 Å². The standard InChI is InChI=1S/C24H27NO3/c1-13-10-19-17(8-9-20(26)23(19)21(11-13)27-4)18-7-6-16-12-14(2)25-15(3)22(16)24(18)28-5/h6-11,14-15,25-26H,12H2,1-5H3. The van der Waals surface area contributed by atoms with Crippen LogP contribution in [0.4, 0.5) is 0 Å². The van der Waals surface area contributed by atoms with Crippen molar-refractivity contribution < 1.29 is 14.6 Å². The van der Waals surface area contributed by atoms with Crippen LogP contribution in [0.2, 0.25) is 0 Å². The third-order valence-corrected chi connectivity index (χ3v) is 5.69. The Morgan fingerprint density at radius 3 is 2.46 bits per heavy atom. The zero-order valence-corrected chi connectivity index (χ0v) is 17.1. The van der Waals surface area contributed by atoms with Gasteiger partial charge in [0.25, 0.3) is 0 Å². The second kappa shape index (κ2) is 7.02. The van der Waals surface area contributed by atoms with Crippen molar-refractivity contribution in [1.82, 2.24) is 5.32 Å². The molecule has 3 aromatic rings. The summed E-state index contributed by atoms with van der Waals surface area (Å²) in [5.41, 5.74) is 5.69. The number of aromatic hydroxyl groups is 1. The third-order valence-electron chi connectivity index (χ3n) is 5.69. The number of phenols is 1. The van der Waals surface area contributed by atoms with Crippen LogP contribution in [0.25, 0.3) is 21.9 Å². The molecule has 1 aliphatic rings. The van der Waals surface area contributed by atoms with E-state index in [1.165, 1.54) is 11.1 Å². The van der Waals surface area contributed by atoms with Gasteiger partial charge in [-0.2, -0.15) is 0 Å². The number of nitrogens with one attached hydrogen (secondary N) is 1. The van der Waals surface area contributed by atoms with Crippen LogP contribution >= 0.6 is 0 Å². The molecule has 2 N–H and O–H groups in total. The maximum atomic E-state index is 10.5. The van der Waals surface area contributed by atoms with E-state index in [2.05, 4.69) is 37.4 Å². The SMILES string of the molecule is COc1c(-c2ccc(O)c3c(OC)cc(C)cc23)ccc2c1C(C)NC(C)C2. The predicted octanol–water partition coefficient (Wildman–Crippen LogP) is 5.13. The van der Waals surface area contributed by atoms with Crippen molar-refractivity contribution in [2.24, 2.45) is 0 Å². The monoisotopic (exact) mass is 377 g/mol. The van der Waals surface area contributed by atoms with Crippen molar-refractivity contribution in [1.29, 1.82) is 0 Å². The normalized spacial score (nSPS) is 18.8. The van der Waals surface area contributed by atoms with Crippen molar-refractivity contribution >= 4 is 10.8 Å². The van der Waals surface area contributed by atoms with E-state index in [-0.39, 0.29) is 11.8 Å². The summed E-state index contributed by atoms with van der Waals surface area (Å²) in [7, 11) is 3.37. The van der Waals surface area contributed by atoms with Crippen molar-refractivity contribution in [2.45, 2.75) is 39.3 Å². The summed E-state index contributed by atoms with van der Waals surface area (Å²) in [6, 6.07) is 12.8. The zero-order valence-electron chi connectivity index (χ0n) is 17.1. The minimum absolute atomic E-state index is 0.216. The molecule has 0 aliphatic carbocycles. The molecule has 0 saturated carbocycles. The number of ether oxygens (including phenoxy) is 2. The molecule has 1 heterocycles. The summed E-state index contributed by atoms with van der Waals surface area (Å²) in [6.45, 7) is 6.43. The highest BCUT2D eigenvalue weighted by Gasteiger charge is 2.27. The van der Waals surface area contributed by atoms with Gasteiger partial charge in [0, 0.05) is 23.2 Å². The van der Waals surface area contributed by atoms with Gasteiger partial charge in [0.1, 0.15) is 17.2 Å². The van der Waals surface area contributed by atoms with E-state index in [1.54, 1.807) is 20.3 Å². The molecule has 4 nitrogen and oxygen atoms in total. The highest BCUT2D eigenvalue weighted by Crippen LogP contribution is 2.45. The van der Waals surface area contributed by atoms with Crippen LogP contribution in [0.15, 0.2) is 36.4 Å². The van der Waals surface area contributed by atoms with E-state index < -0.39 is 0 Å². The Balaban J connectivity index is 2.03. The highest BCUT2D eigenvalue weighted by atomic mass is 16.5. The second-order valence-corrected chi connectivity index (χ2v) is 7.73. The topological polar surface area (TPSA) is 50.7 Å². The summed E-state index contributed by atoms with van der Waals surface area (Å²) >= 11 is 0. The van der Waals surface area contributed by atoms with Crippen LogP contribution in [0, 0.1) is 6.92 Å². The van der Waals surface area contributed by atoms with Gasteiger partial charge in [-0.1, -0.05) is 18.2 Å². The molecule has 3 aromatic carbocycles. The second-order valence-electron chi connectivity index (χ2n) is 7.73. The molecule has 0 bridgehead atoms. The molecule has 2 atom stereocenters. The highest BCUT2D eigenvalue weighted by molar-refractivity contribution is 6.04. The lowest BCUT2D eigenvalue weighted by molar-refractivity contribution is 0.383. The molecule has 28 heavy (non-hydrogen) atoms. The average molecular weight is 377 g/mol. The minimum Gasteiger partial charge on any atom is -0.507 e. The quantitative estimate of drug-likeness (QED) is 0.664. The number of phenolic OH excluding ortho intramolecular Hbond substituents is 1. The molecular formula is C24H27NO3. The van der Waals surface area contributed by atoms with Crippen LogP contribution in [-0.2, 0) is 6.42 Å². The number of hydrogen-bond donors (Lipinski definition) is 2. The maximum absolute atomic E-state index is 10.5. The van der Waals surface area contributed by atoms with E-state index in [9.17, 15) is 5.11 Å². The lowest BCUT2D eigenvalue weighted by atomic mass is 9.86. The fraction of sp³-hybridized carbons (Fsp3) is 0.333. The smallest absolute Gasteiger partial charge is 0.131 e. The van der Waals surface area contributed by atoms with Crippen molar-refractivity contribution in [3.63, 3.8) is 0 Å². The zero-order chi connectivity index (χ0) is 20.0. The molecule has 146 valence electrons. The Hall–Kier alpha value is -2.72. The van der Waals surface area contributed by atoms with Crippen molar-refractivity contribution in [2.75, 3.05) is 14.2 Å². The number of fused-ring (bicyclic) bond motifs is 2. The van der Waals surface area contributed by atoms with Crippen LogP contribution in [0.5, 0.6) is 17.2 Å². The van der Waals surface area contributed by atoms with Crippen molar-refractivity contribution in [3.8, 4) is 28.4 Å². The molecule has 0 amide bonds. The number of rotatable bonds is 3. The summed E-state index contributed by atoms with van der Waals surface area (Å²) in [5.74, 6) is 1.79. The van der Waals surface area contributed by atoms with E-state index in [0.29, 0.717) is 11.8 Å². The predicted molar refractivity (Wildman–Crippen MR) is 114 cm³/mol. The molecule has 1 aliphatic heterocycles. The molecular weight excluding hydrogens is 350 g/mol. The Labute approximate surface area is 166 Å². The molecule has 4 heteroatoms. The summed E-state index contributed by atoms with van der Waals surface area (Å²) < 4.78 is 11.5. The largest absolute Gasteiger partial charge is 0.507 e. The first-order valence-electron chi connectivity index (χ1n) is 9.71.